The van der Waals surface area contributed by atoms with E-state index in [4.69, 9.17) is 11.5 Å². The van der Waals surface area contributed by atoms with Gasteiger partial charge in [-0.15, -0.1) is 0 Å². The first-order chi connectivity index (χ1) is 9.42. The van der Waals surface area contributed by atoms with Crippen LogP contribution >= 0.6 is 0 Å². The molecule has 1 rings (SSSR count). The van der Waals surface area contributed by atoms with E-state index in [0.29, 0.717) is 12.1 Å². The molecule has 0 aliphatic rings. The predicted molar refractivity (Wildman–Crippen MR) is 71.4 cm³/mol. The molecule has 7 nitrogen and oxygen atoms in total. The van der Waals surface area contributed by atoms with Crippen LogP contribution < -0.4 is 11.5 Å². The summed E-state index contributed by atoms with van der Waals surface area (Å²) in [6, 6.07) is 6.63. The number of esters is 1. The molecule has 0 aromatic heterocycles. The van der Waals surface area contributed by atoms with Crippen LogP contribution in [-0.4, -0.2) is 42.9 Å². The van der Waals surface area contributed by atoms with Crippen LogP contribution in [-0.2, 0) is 20.9 Å². The Hall–Kier alpha value is -2.41. The van der Waals surface area contributed by atoms with Gasteiger partial charge in [-0.1, -0.05) is 12.1 Å². The predicted octanol–water partition coefficient (Wildman–Crippen LogP) is -0.754. The Morgan fingerprint density at radius 2 is 1.55 bits per heavy atom. The SMILES string of the molecule is COC(=O)c1ccc(CN(CC(N)=O)CC(N)=O)cc1. The lowest BCUT2D eigenvalue weighted by atomic mass is 10.1. The van der Waals surface area contributed by atoms with Crippen molar-refractivity contribution in [1.29, 1.82) is 0 Å². The molecular weight excluding hydrogens is 262 g/mol. The first-order valence-corrected chi connectivity index (χ1v) is 5.88. The zero-order valence-corrected chi connectivity index (χ0v) is 11.2. The van der Waals surface area contributed by atoms with E-state index in [1.807, 2.05) is 0 Å². The average molecular weight is 279 g/mol. The molecule has 0 saturated heterocycles. The maximum atomic E-state index is 11.3. The molecule has 0 saturated carbocycles. The Kier molecular flexibility index (Phi) is 5.67. The monoisotopic (exact) mass is 279 g/mol. The summed E-state index contributed by atoms with van der Waals surface area (Å²) in [5, 5.41) is 0. The van der Waals surface area contributed by atoms with Gasteiger partial charge in [0.25, 0.3) is 0 Å². The first-order valence-electron chi connectivity index (χ1n) is 5.88. The third-order valence-corrected chi connectivity index (χ3v) is 2.54. The smallest absolute Gasteiger partial charge is 0.337 e. The van der Waals surface area contributed by atoms with Crippen LogP contribution in [0.25, 0.3) is 0 Å². The van der Waals surface area contributed by atoms with E-state index in [1.165, 1.54) is 12.0 Å². The van der Waals surface area contributed by atoms with Crippen molar-refractivity contribution in [3.63, 3.8) is 0 Å². The minimum absolute atomic E-state index is 0.0678. The number of rotatable bonds is 7. The van der Waals surface area contributed by atoms with Gasteiger partial charge in [-0.05, 0) is 17.7 Å². The number of hydrogen-bond donors (Lipinski definition) is 2. The molecule has 20 heavy (non-hydrogen) atoms. The summed E-state index contributed by atoms with van der Waals surface area (Å²) in [5.74, 6) is -1.52. The van der Waals surface area contributed by atoms with E-state index in [2.05, 4.69) is 4.74 Å². The molecule has 0 aliphatic heterocycles. The highest BCUT2D eigenvalue weighted by atomic mass is 16.5. The molecule has 108 valence electrons. The second-order valence-electron chi connectivity index (χ2n) is 4.27. The van der Waals surface area contributed by atoms with Gasteiger partial charge in [0.15, 0.2) is 0 Å². The number of amides is 2. The van der Waals surface area contributed by atoms with Gasteiger partial charge in [0.2, 0.25) is 11.8 Å². The molecule has 0 bridgehead atoms. The maximum Gasteiger partial charge on any atom is 0.337 e. The lowest BCUT2D eigenvalue weighted by Gasteiger charge is -2.18. The van der Waals surface area contributed by atoms with E-state index < -0.39 is 17.8 Å². The zero-order chi connectivity index (χ0) is 15.1. The fourth-order valence-electron chi connectivity index (χ4n) is 1.73. The molecule has 0 atom stereocenters. The van der Waals surface area contributed by atoms with Crippen LogP contribution in [0.1, 0.15) is 15.9 Å². The minimum atomic E-state index is -0.544. The standard InChI is InChI=1S/C13H17N3O4/c1-20-13(19)10-4-2-9(3-5-10)6-16(7-11(14)17)8-12(15)18/h2-5H,6-8H2,1H3,(H2,14,17)(H2,15,18). The van der Waals surface area contributed by atoms with Gasteiger partial charge in [0.05, 0.1) is 25.8 Å². The van der Waals surface area contributed by atoms with Crippen molar-refractivity contribution < 1.29 is 19.1 Å². The topological polar surface area (TPSA) is 116 Å². The van der Waals surface area contributed by atoms with Gasteiger partial charge in [-0.25, -0.2) is 4.79 Å². The average Bonchev–Trinajstić information content (AvgIpc) is 2.37. The summed E-state index contributed by atoms with van der Waals surface area (Å²) >= 11 is 0. The molecule has 1 aromatic rings. The third kappa shape index (κ3) is 5.07. The summed E-state index contributed by atoms with van der Waals surface area (Å²) in [6.45, 7) is 0.191. The number of carbonyl (C=O) groups is 3. The molecule has 1 aromatic carbocycles. The molecular formula is C13H17N3O4. The number of nitrogens with zero attached hydrogens (tertiary/aromatic N) is 1. The van der Waals surface area contributed by atoms with Crippen molar-refractivity contribution in [3.05, 3.63) is 35.4 Å². The number of nitrogens with two attached hydrogens (primary N) is 2. The minimum Gasteiger partial charge on any atom is -0.465 e. The van der Waals surface area contributed by atoms with Gasteiger partial charge in [0.1, 0.15) is 0 Å². The molecule has 4 N–H and O–H groups in total. The highest BCUT2D eigenvalue weighted by Crippen LogP contribution is 2.08. The van der Waals surface area contributed by atoms with E-state index >= 15 is 0 Å². The Labute approximate surface area is 116 Å². The van der Waals surface area contributed by atoms with Gasteiger partial charge in [-0.3, -0.25) is 14.5 Å². The normalized spacial score (nSPS) is 10.3. The number of ether oxygens (including phenoxy) is 1. The van der Waals surface area contributed by atoms with E-state index in [-0.39, 0.29) is 13.1 Å². The van der Waals surface area contributed by atoms with Crippen LogP contribution in [0.2, 0.25) is 0 Å². The Morgan fingerprint density at radius 1 is 1.05 bits per heavy atom. The van der Waals surface area contributed by atoms with Crippen molar-refractivity contribution in [3.8, 4) is 0 Å². The fraction of sp³-hybridized carbons (Fsp3) is 0.308. The molecule has 0 unspecified atom stereocenters. The van der Waals surface area contributed by atoms with Crippen LogP contribution in [0, 0.1) is 0 Å². The van der Waals surface area contributed by atoms with Crippen LogP contribution in [0.15, 0.2) is 24.3 Å². The maximum absolute atomic E-state index is 11.3. The first kappa shape index (κ1) is 15.6. The Balaban J connectivity index is 2.75. The summed E-state index contributed by atoms with van der Waals surface area (Å²) in [5.41, 5.74) is 11.5. The van der Waals surface area contributed by atoms with E-state index in [0.717, 1.165) is 5.56 Å². The van der Waals surface area contributed by atoms with Crippen molar-refractivity contribution >= 4 is 17.8 Å². The van der Waals surface area contributed by atoms with Crippen molar-refractivity contribution in [2.75, 3.05) is 20.2 Å². The summed E-state index contributed by atoms with van der Waals surface area (Å²) < 4.78 is 4.59. The van der Waals surface area contributed by atoms with Crippen LogP contribution in [0.4, 0.5) is 0 Å². The van der Waals surface area contributed by atoms with Crippen LogP contribution in [0.5, 0.6) is 0 Å². The molecule has 0 radical (unpaired) electrons. The third-order valence-electron chi connectivity index (χ3n) is 2.54. The summed E-state index contributed by atoms with van der Waals surface area (Å²) in [7, 11) is 1.30. The molecule has 0 spiro atoms. The van der Waals surface area contributed by atoms with Gasteiger partial charge < -0.3 is 16.2 Å². The molecule has 7 heteroatoms. The second-order valence-corrected chi connectivity index (χ2v) is 4.27. The largest absolute Gasteiger partial charge is 0.465 e. The fourth-order valence-corrected chi connectivity index (χ4v) is 1.73. The molecule has 2 amide bonds. The van der Waals surface area contributed by atoms with Gasteiger partial charge in [-0.2, -0.15) is 0 Å². The number of carbonyl (C=O) groups excluding carboxylic acids is 3. The highest BCUT2D eigenvalue weighted by Gasteiger charge is 2.12. The summed E-state index contributed by atoms with van der Waals surface area (Å²) in [6.07, 6.45) is 0. The number of primary amides is 2. The Bertz CT molecular complexity index is 483. The van der Waals surface area contributed by atoms with Crippen molar-refractivity contribution in [1.82, 2.24) is 4.90 Å². The molecule has 0 fully saturated rings. The number of benzene rings is 1. The lowest BCUT2D eigenvalue weighted by molar-refractivity contribution is -0.122. The Morgan fingerprint density at radius 3 is 1.95 bits per heavy atom. The van der Waals surface area contributed by atoms with Crippen molar-refractivity contribution in [2.45, 2.75) is 6.54 Å². The van der Waals surface area contributed by atoms with Crippen molar-refractivity contribution in [2.24, 2.45) is 11.5 Å². The second kappa shape index (κ2) is 7.25. The zero-order valence-electron chi connectivity index (χ0n) is 11.2. The summed E-state index contributed by atoms with van der Waals surface area (Å²) in [4.78, 5) is 34.7. The van der Waals surface area contributed by atoms with E-state index in [9.17, 15) is 14.4 Å². The quantitative estimate of drug-likeness (QED) is 0.637. The number of methoxy groups -OCH3 is 1. The van der Waals surface area contributed by atoms with Crippen LogP contribution in [0.3, 0.4) is 0 Å². The van der Waals surface area contributed by atoms with Gasteiger partial charge >= 0.3 is 5.97 Å². The number of hydrogen-bond acceptors (Lipinski definition) is 5. The molecule has 0 heterocycles. The molecule has 0 aliphatic carbocycles. The van der Waals surface area contributed by atoms with E-state index in [1.54, 1.807) is 24.3 Å². The highest BCUT2D eigenvalue weighted by molar-refractivity contribution is 5.89. The lowest BCUT2D eigenvalue weighted by Crippen LogP contribution is -2.39. The van der Waals surface area contributed by atoms with Gasteiger partial charge in [0, 0.05) is 6.54 Å².